The Hall–Kier alpha value is -3.61. The van der Waals surface area contributed by atoms with Crippen molar-refractivity contribution >= 4 is 17.3 Å². The predicted molar refractivity (Wildman–Crippen MR) is 107 cm³/mol. The van der Waals surface area contributed by atoms with E-state index in [0.29, 0.717) is 17.8 Å². The number of amides is 1. The zero-order valence-corrected chi connectivity index (χ0v) is 15.7. The van der Waals surface area contributed by atoms with Crippen LogP contribution in [0.3, 0.4) is 0 Å². The molecular formula is C23H17F3N2O2. The van der Waals surface area contributed by atoms with E-state index in [1.807, 2.05) is 12.1 Å². The minimum absolute atomic E-state index is 0.0505. The summed E-state index contributed by atoms with van der Waals surface area (Å²) >= 11 is 0. The molecule has 0 saturated heterocycles. The number of hydrogen-bond donors (Lipinski definition) is 1. The molecule has 0 saturated carbocycles. The lowest BCUT2D eigenvalue weighted by Gasteiger charge is -2.30. The molecule has 0 atom stereocenters. The molecule has 1 aliphatic carbocycles. The van der Waals surface area contributed by atoms with E-state index >= 15 is 0 Å². The molecule has 1 aliphatic heterocycles. The summed E-state index contributed by atoms with van der Waals surface area (Å²) in [5, 5.41) is 9.71. The molecule has 1 heterocycles. The summed E-state index contributed by atoms with van der Waals surface area (Å²) in [6.07, 6.45) is 2.39. The maximum absolute atomic E-state index is 13.3. The number of alkyl halides is 3. The van der Waals surface area contributed by atoms with Crippen LogP contribution in [0.2, 0.25) is 0 Å². The van der Waals surface area contributed by atoms with Crippen LogP contribution >= 0.6 is 0 Å². The highest BCUT2D eigenvalue weighted by Gasteiger charge is 2.32. The number of nitrogens with zero attached hydrogens (tertiary/aromatic N) is 2. The average molecular weight is 410 g/mol. The number of allylic oxidation sites excluding steroid dienone is 4. The largest absolute Gasteiger partial charge is 0.512 e. The molecule has 0 radical (unpaired) electrons. The number of fused-ring (bicyclic) bond motifs is 1. The summed E-state index contributed by atoms with van der Waals surface area (Å²) < 4.78 is 39.2. The Morgan fingerprint density at radius 1 is 1.07 bits per heavy atom. The number of hydrogen-bond acceptors (Lipinski definition) is 3. The van der Waals surface area contributed by atoms with Gasteiger partial charge in [0.15, 0.2) is 0 Å². The average Bonchev–Trinajstić information content (AvgIpc) is 2.94. The molecule has 4 nitrogen and oxygen atoms in total. The van der Waals surface area contributed by atoms with E-state index in [2.05, 4.69) is 4.99 Å². The first-order chi connectivity index (χ1) is 14.3. The number of rotatable bonds is 2. The first kappa shape index (κ1) is 19.7. The van der Waals surface area contributed by atoms with Gasteiger partial charge in [-0.25, -0.2) is 4.99 Å². The highest BCUT2D eigenvalue weighted by Crippen LogP contribution is 2.32. The van der Waals surface area contributed by atoms with Crippen LogP contribution in [0, 0.1) is 0 Å². The summed E-state index contributed by atoms with van der Waals surface area (Å²) in [4.78, 5) is 19.1. The van der Waals surface area contributed by atoms with Gasteiger partial charge in [0.25, 0.3) is 5.91 Å². The van der Waals surface area contributed by atoms with Crippen molar-refractivity contribution in [3.05, 3.63) is 101 Å². The van der Waals surface area contributed by atoms with Gasteiger partial charge in [0, 0.05) is 17.7 Å². The van der Waals surface area contributed by atoms with Crippen LogP contribution in [0.15, 0.2) is 89.3 Å². The Morgan fingerprint density at radius 3 is 2.67 bits per heavy atom. The topological polar surface area (TPSA) is 52.9 Å². The van der Waals surface area contributed by atoms with Crippen molar-refractivity contribution in [1.82, 2.24) is 4.90 Å². The standard InChI is InChI=1S/C23H17F3N2O2/c24-23(25,26)16-6-3-7-17(13-16)27-21-20-10-2-1-5-15(20)14-28(22(21)30)18-8-4-9-19(29)12-11-18/h1-11,13,29H,12,14H2. The Labute approximate surface area is 171 Å². The second-order valence-electron chi connectivity index (χ2n) is 6.91. The fourth-order valence-corrected chi connectivity index (χ4v) is 3.38. The highest BCUT2D eigenvalue weighted by atomic mass is 19.4. The van der Waals surface area contributed by atoms with Crippen LogP contribution in [-0.2, 0) is 17.5 Å². The number of benzene rings is 2. The van der Waals surface area contributed by atoms with E-state index < -0.39 is 17.6 Å². The fraction of sp³-hybridized carbons (Fsp3) is 0.130. The van der Waals surface area contributed by atoms with Gasteiger partial charge in [-0.2, -0.15) is 13.2 Å². The molecule has 0 bridgehead atoms. The molecule has 0 aromatic heterocycles. The normalized spacial score (nSPS) is 18.0. The van der Waals surface area contributed by atoms with Gasteiger partial charge in [-0.1, -0.05) is 42.5 Å². The molecule has 152 valence electrons. The third-order valence-corrected chi connectivity index (χ3v) is 4.85. The van der Waals surface area contributed by atoms with E-state index in [4.69, 9.17) is 0 Å². The van der Waals surface area contributed by atoms with Crippen molar-refractivity contribution in [3.8, 4) is 0 Å². The summed E-state index contributed by atoms with van der Waals surface area (Å²) in [5.41, 5.74) is 1.32. The Balaban J connectivity index is 1.79. The number of aliphatic hydroxyl groups is 1. The van der Waals surface area contributed by atoms with Gasteiger partial charge in [-0.3, -0.25) is 4.79 Å². The third-order valence-electron chi connectivity index (χ3n) is 4.85. The molecule has 7 heteroatoms. The SMILES string of the molecule is O=C1C(=Nc2cccc(C(F)(F)F)c2)c2ccccc2CN1C1=CCC(O)=CC=C1. The van der Waals surface area contributed by atoms with E-state index in [0.717, 1.165) is 17.7 Å². The van der Waals surface area contributed by atoms with Crippen molar-refractivity contribution in [2.75, 3.05) is 0 Å². The number of carbonyl (C=O) groups is 1. The quantitative estimate of drug-likeness (QED) is 0.715. The van der Waals surface area contributed by atoms with Crippen molar-refractivity contribution < 1.29 is 23.1 Å². The van der Waals surface area contributed by atoms with Gasteiger partial charge >= 0.3 is 6.18 Å². The van der Waals surface area contributed by atoms with Crippen LogP contribution in [0.4, 0.5) is 18.9 Å². The molecule has 1 N–H and O–H groups in total. The molecule has 2 aromatic rings. The lowest BCUT2D eigenvalue weighted by Crippen LogP contribution is -2.40. The Bertz CT molecular complexity index is 1130. The van der Waals surface area contributed by atoms with Gasteiger partial charge in [0.1, 0.15) is 5.71 Å². The maximum atomic E-state index is 13.3. The summed E-state index contributed by atoms with van der Waals surface area (Å²) in [6.45, 7) is 0.299. The second-order valence-corrected chi connectivity index (χ2v) is 6.91. The van der Waals surface area contributed by atoms with Gasteiger partial charge in [-0.15, -0.1) is 0 Å². The minimum Gasteiger partial charge on any atom is -0.512 e. The van der Waals surface area contributed by atoms with Gasteiger partial charge in [0.2, 0.25) is 0 Å². The number of halogens is 3. The highest BCUT2D eigenvalue weighted by molar-refractivity contribution is 6.47. The Morgan fingerprint density at radius 2 is 1.87 bits per heavy atom. The van der Waals surface area contributed by atoms with Gasteiger partial charge in [-0.05, 0) is 35.9 Å². The van der Waals surface area contributed by atoms with Gasteiger partial charge in [0.05, 0.1) is 23.6 Å². The first-order valence-electron chi connectivity index (χ1n) is 9.25. The van der Waals surface area contributed by atoms with Crippen molar-refractivity contribution in [3.63, 3.8) is 0 Å². The van der Waals surface area contributed by atoms with Crippen LogP contribution in [0.25, 0.3) is 0 Å². The molecule has 4 rings (SSSR count). The third kappa shape index (κ3) is 3.91. The molecule has 1 amide bonds. The molecule has 0 spiro atoms. The van der Waals surface area contributed by atoms with Crippen LogP contribution in [-0.4, -0.2) is 21.6 Å². The summed E-state index contributed by atoms with van der Waals surface area (Å²) in [7, 11) is 0. The van der Waals surface area contributed by atoms with E-state index in [9.17, 15) is 23.1 Å². The van der Waals surface area contributed by atoms with Crippen molar-refractivity contribution in [1.29, 1.82) is 0 Å². The maximum Gasteiger partial charge on any atom is 0.416 e. The summed E-state index contributed by atoms with van der Waals surface area (Å²) in [6, 6.07) is 11.8. The Kier molecular flexibility index (Phi) is 5.03. The van der Waals surface area contributed by atoms with Crippen LogP contribution in [0.5, 0.6) is 0 Å². The zero-order valence-electron chi connectivity index (χ0n) is 15.7. The van der Waals surface area contributed by atoms with Gasteiger partial charge < -0.3 is 10.0 Å². The predicted octanol–water partition coefficient (Wildman–Crippen LogP) is 5.45. The number of aliphatic imine (C=N–C) groups is 1. The molecule has 2 aromatic carbocycles. The first-order valence-corrected chi connectivity index (χ1v) is 9.25. The van der Waals surface area contributed by atoms with E-state index in [-0.39, 0.29) is 23.6 Å². The van der Waals surface area contributed by atoms with Crippen molar-refractivity contribution in [2.45, 2.75) is 19.1 Å². The van der Waals surface area contributed by atoms with E-state index in [1.165, 1.54) is 17.0 Å². The number of aliphatic hydroxyl groups excluding tert-OH is 1. The molecular weight excluding hydrogens is 393 g/mol. The fourth-order valence-electron chi connectivity index (χ4n) is 3.38. The monoisotopic (exact) mass is 410 g/mol. The lowest BCUT2D eigenvalue weighted by molar-refractivity contribution is -0.137. The van der Waals surface area contributed by atoms with Crippen molar-refractivity contribution in [2.24, 2.45) is 4.99 Å². The minimum atomic E-state index is -4.50. The molecule has 0 fully saturated rings. The molecule has 2 aliphatic rings. The molecule has 30 heavy (non-hydrogen) atoms. The summed E-state index contributed by atoms with van der Waals surface area (Å²) in [5.74, 6) is -0.243. The number of carbonyl (C=O) groups excluding carboxylic acids is 1. The van der Waals surface area contributed by atoms with E-state index in [1.54, 1.807) is 36.4 Å². The second kappa shape index (κ2) is 7.67. The lowest BCUT2D eigenvalue weighted by atomic mass is 9.96. The smallest absolute Gasteiger partial charge is 0.416 e. The van der Waals surface area contributed by atoms with Crippen LogP contribution < -0.4 is 0 Å². The zero-order chi connectivity index (χ0) is 21.3. The molecule has 0 unspecified atom stereocenters. The van der Waals surface area contributed by atoms with Crippen LogP contribution in [0.1, 0.15) is 23.1 Å².